The maximum Gasteiger partial charge on any atom is 0.251 e. The molecule has 0 bridgehead atoms. The van der Waals surface area contributed by atoms with Gasteiger partial charge in [0, 0.05) is 30.0 Å². The first-order valence-electron chi connectivity index (χ1n) is 8.30. The third-order valence-electron chi connectivity index (χ3n) is 4.14. The van der Waals surface area contributed by atoms with Crippen molar-refractivity contribution in [3.63, 3.8) is 0 Å². The number of nitrogens with one attached hydrogen (secondary N) is 2. The second-order valence-electron chi connectivity index (χ2n) is 5.98. The van der Waals surface area contributed by atoms with Crippen LogP contribution in [-0.2, 0) is 4.79 Å². The highest BCUT2D eigenvalue weighted by molar-refractivity contribution is 5.99. The average Bonchev–Trinajstić information content (AvgIpc) is 3.15. The lowest BCUT2D eigenvalue weighted by atomic mass is 10.2. The quantitative estimate of drug-likeness (QED) is 0.879. The van der Waals surface area contributed by atoms with Gasteiger partial charge in [0.1, 0.15) is 5.82 Å². The van der Waals surface area contributed by atoms with E-state index in [0.29, 0.717) is 11.3 Å². The van der Waals surface area contributed by atoms with E-state index in [2.05, 4.69) is 15.5 Å². The summed E-state index contributed by atoms with van der Waals surface area (Å²) >= 11 is 0. The summed E-state index contributed by atoms with van der Waals surface area (Å²) in [5, 5.41) is 5.26. The zero-order chi connectivity index (χ0) is 17.6. The number of carbonyl (C=O) groups excluding carboxylic acids is 2. The second-order valence-corrected chi connectivity index (χ2v) is 5.98. The molecule has 5 nitrogen and oxygen atoms in total. The van der Waals surface area contributed by atoms with Crippen LogP contribution in [0.15, 0.2) is 48.5 Å². The molecule has 0 radical (unpaired) electrons. The van der Waals surface area contributed by atoms with Crippen molar-refractivity contribution in [2.24, 2.45) is 0 Å². The molecular formula is C19H20FN3O2. The van der Waals surface area contributed by atoms with Gasteiger partial charge >= 0.3 is 0 Å². The number of anilines is 2. The Morgan fingerprint density at radius 3 is 2.24 bits per heavy atom. The first-order valence-corrected chi connectivity index (χ1v) is 8.30. The van der Waals surface area contributed by atoms with Crippen LogP contribution in [0, 0.1) is 5.82 Å². The van der Waals surface area contributed by atoms with Gasteiger partial charge in [-0.1, -0.05) is 0 Å². The SMILES string of the molecule is O=C(CNC(=O)c1ccc(F)cc1)Nc1ccc(N2CCCC2)cc1. The highest BCUT2D eigenvalue weighted by atomic mass is 19.1. The van der Waals surface area contributed by atoms with E-state index in [4.69, 9.17) is 0 Å². The molecule has 1 fully saturated rings. The average molecular weight is 341 g/mol. The fraction of sp³-hybridized carbons (Fsp3) is 0.263. The Kier molecular flexibility index (Phi) is 5.28. The second kappa shape index (κ2) is 7.79. The van der Waals surface area contributed by atoms with Gasteiger partial charge in [-0.15, -0.1) is 0 Å². The molecule has 2 amide bonds. The lowest BCUT2D eigenvalue weighted by Gasteiger charge is -2.17. The molecule has 1 aliphatic heterocycles. The van der Waals surface area contributed by atoms with Gasteiger partial charge in [-0.2, -0.15) is 0 Å². The third kappa shape index (κ3) is 4.56. The Labute approximate surface area is 145 Å². The van der Waals surface area contributed by atoms with Gasteiger partial charge in [-0.05, 0) is 61.4 Å². The maximum absolute atomic E-state index is 12.8. The molecule has 0 aromatic heterocycles. The predicted octanol–water partition coefficient (Wildman–Crippen LogP) is 2.79. The van der Waals surface area contributed by atoms with E-state index in [1.165, 1.54) is 37.1 Å². The molecule has 0 saturated carbocycles. The summed E-state index contributed by atoms with van der Waals surface area (Å²) in [4.78, 5) is 26.1. The number of benzene rings is 2. The number of carbonyl (C=O) groups is 2. The summed E-state index contributed by atoms with van der Waals surface area (Å²) in [6.45, 7) is 1.99. The summed E-state index contributed by atoms with van der Waals surface area (Å²) in [5.41, 5.74) is 2.15. The van der Waals surface area contributed by atoms with Crippen LogP contribution in [0.1, 0.15) is 23.2 Å². The highest BCUT2D eigenvalue weighted by Gasteiger charge is 2.12. The van der Waals surface area contributed by atoms with Gasteiger partial charge in [-0.25, -0.2) is 4.39 Å². The van der Waals surface area contributed by atoms with Crippen molar-refractivity contribution in [1.29, 1.82) is 0 Å². The van der Waals surface area contributed by atoms with Crippen molar-refractivity contribution >= 4 is 23.2 Å². The smallest absolute Gasteiger partial charge is 0.251 e. The molecule has 1 saturated heterocycles. The van der Waals surface area contributed by atoms with E-state index in [9.17, 15) is 14.0 Å². The first kappa shape index (κ1) is 17.0. The summed E-state index contributed by atoms with van der Waals surface area (Å²) in [6.07, 6.45) is 2.43. The molecular weight excluding hydrogens is 321 g/mol. The number of hydrogen-bond donors (Lipinski definition) is 2. The van der Waals surface area contributed by atoms with Crippen LogP contribution in [0.2, 0.25) is 0 Å². The Balaban J connectivity index is 1.48. The molecule has 0 atom stereocenters. The minimum atomic E-state index is -0.417. The molecule has 2 aromatic rings. The molecule has 0 aliphatic carbocycles. The van der Waals surface area contributed by atoms with Gasteiger partial charge in [0.05, 0.1) is 6.54 Å². The Bertz CT molecular complexity index is 738. The van der Waals surface area contributed by atoms with Crippen molar-refractivity contribution in [3.8, 4) is 0 Å². The van der Waals surface area contributed by atoms with Crippen LogP contribution in [0.5, 0.6) is 0 Å². The van der Waals surface area contributed by atoms with Crippen LogP contribution in [0.3, 0.4) is 0 Å². The molecule has 1 heterocycles. The lowest BCUT2D eigenvalue weighted by molar-refractivity contribution is -0.115. The fourth-order valence-electron chi connectivity index (χ4n) is 2.80. The number of amides is 2. The molecule has 6 heteroatoms. The van der Waals surface area contributed by atoms with Crippen LogP contribution >= 0.6 is 0 Å². The third-order valence-corrected chi connectivity index (χ3v) is 4.14. The van der Waals surface area contributed by atoms with Gasteiger partial charge < -0.3 is 15.5 Å². The van der Waals surface area contributed by atoms with Crippen molar-refractivity contribution < 1.29 is 14.0 Å². The zero-order valence-electron chi connectivity index (χ0n) is 13.8. The van der Waals surface area contributed by atoms with E-state index in [1.807, 2.05) is 24.3 Å². The largest absolute Gasteiger partial charge is 0.372 e. The van der Waals surface area contributed by atoms with Crippen molar-refractivity contribution in [3.05, 3.63) is 59.9 Å². The zero-order valence-corrected chi connectivity index (χ0v) is 13.8. The molecule has 0 spiro atoms. The molecule has 1 aliphatic rings. The summed E-state index contributed by atoms with van der Waals surface area (Å²) < 4.78 is 12.8. The first-order chi connectivity index (χ1) is 12.1. The monoisotopic (exact) mass is 341 g/mol. The van der Waals surface area contributed by atoms with E-state index in [-0.39, 0.29) is 12.5 Å². The Morgan fingerprint density at radius 1 is 0.960 bits per heavy atom. The summed E-state index contributed by atoms with van der Waals surface area (Å²) in [5.74, 6) is -1.14. The van der Waals surface area contributed by atoms with Gasteiger partial charge in [0.15, 0.2) is 0 Å². The molecule has 130 valence electrons. The van der Waals surface area contributed by atoms with Crippen LogP contribution in [0.25, 0.3) is 0 Å². The Hall–Kier alpha value is -2.89. The van der Waals surface area contributed by atoms with Gasteiger partial charge in [-0.3, -0.25) is 9.59 Å². The van der Waals surface area contributed by atoms with Crippen molar-refractivity contribution in [2.75, 3.05) is 29.9 Å². The van der Waals surface area contributed by atoms with E-state index in [1.54, 1.807) is 0 Å². The van der Waals surface area contributed by atoms with Gasteiger partial charge in [0.2, 0.25) is 5.91 Å². The minimum absolute atomic E-state index is 0.149. The Morgan fingerprint density at radius 2 is 1.60 bits per heavy atom. The number of nitrogens with zero attached hydrogens (tertiary/aromatic N) is 1. The topological polar surface area (TPSA) is 61.4 Å². The number of rotatable bonds is 5. The molecule has 25 heavy (non-hydrogen) atoms. The van der Waals surface area contributed by atoms with Crippen LogP contribution in [0.4, 0.5) is 15.8 Å². The van der Waals surface area contributed by atoms with Crippen molar-refractivity contribution in [1.82, 2.24) is 5.32 Å². The predicted molar refractivity (Wildman–Crippen MR) is 95.3 cm³/mol. The van der Waals surface area contributed by atoms with E-state index >= 15 is 0 Å². The minimum Gasteiger partial charge on any atom is -0.372 e. The summed E-state index contributed by atoms with van der Waals surface area (Å²) in [7, 11) is 0. The van der Waals surface area contributed by atoms with Crippen LogP contribution < -0.4 is 15.5 Å². The van der Waals surface area contributed by atoms with E-state index < -0.39 is 11.7 Å². The lowest BCUT2D eigenvalue weighted by Crippen LogP contribution is -2.32. The van der Waals surface area contributed by atoms with Crippen molar-refractivity contribution in [2.45, 2.75) is 12.8 Å². The molecule has 2 aromatic carbocycles. The number of hydrogen-bond acceptors (Lipinski definition) is 3. The fourth-order valence-corrected chi connectivity index (χ4v) is 2.80. The molecule has 2 N–H and O–H groups in total. The molecule has 3 rings (SSSR count). The maximum atomic E-state index is 12.8. The standard InChI is InChI=1S/C19H20FN3O2/c20-15-5-3-14(4-6-15)19(25)21-13-18(24)22-16-7-9-17(10-8-16)23-11-1-2-12-23/h3-10H,1-2,11-13H2,(H,21,25)(H,22,24). The number of halogens is 1. The van der Waals surface area contributed by atoms with E-state index in [0.717, 1.165) is 18.8 Å². The van der Waals surface area contributed by atoms with Gasteiger partial charge in [0.25, 0.3) is 5.91 Å². The van der Waals surface area contributed by atoms with Crippen LogP contribution in [-0.4, -0.2) is 31.4 Å². The highest BCUT2D eigenvalue weighted by Crippen LogP contribution is 2.21. The molecule has 0 unspecified atom stereocenters. The summed E-state index contributed by atoms with van der Waals surface area (Å²) in [6, 6.07) is 12.8. The normalized spacial score (nSPS) is 13.6.